The van der Waals surface area contributed by atoms with Crippen molar-refractivity contribution in [3.05, 3.63) is 77.2 Å². The summed E-state index contributed by atoms with van der Waals surface area (Å²) in [6, 6.07) is 16.0. The maximum Gasteiger partial charge on any atom is 0.254 e. The molecule has 0 bridgehead atoms. The van der Waals surface area contributed by atoms with Gasteiger partial charge in [0.05, 0.1) is 12.2 Å². The quantitative estimate of drug-likeness (QED) is 0.632. The van der Waals surface area contributed by atoms with Crippen LogP contribution in [0, 0.1) is 5.82 Å². The van der Waals surface area contributed by atoms with Crippen molar-refractivity contribution in [1.29, 1.82) is 0 Å². The molecule has 31 heavy (non-hydrogen) atoms. The lowest BCUT2D eigenvalue weighted by Crippen LogP contribution is -2.39. The van der Waals surface area contributed by atoms with E-state index in [2.05, 4.69) is 4.90 Å². The van der Waals surface area contributed by atoms with Crippen LogP contribution in [0.2, 0.25) is 0 Å². The van der Waals surface area contributed by atoms with E-state index >= 15 is 0 Å². The number of aromatic nitrogens is 2. The van der Waals surface area contributed by atoms with E-state index in [-0.39, 0.29) is 5.91 Å². The Morgan fingerprint density at radius 2 is 1.71 bits per heavy atom. The summed E-state index contributed by atoms with van der Waals surface area (Å²) in [5.41, 5.74) is 3.42. The monoisotopic (exact) mass is 416 g/mol. The zero-order valence-corrected chi connectivity index (χ0v) is 17.4. The first-order valence-corrected chi connectivity index (χ1v) is 10.9. The Morgan fingerprint density at radius 3 is 2.48 bits per heavy atom. The highest BCUT2D eigenvalue weighted by molar-refractivity contribution is 5.94. The fourth-order valence-corrected chi connectivity index (χ4v) is 4.46. The number of nitrogens with zero attached hydrogens (tertiary/aromatic N) is 4. The number of piperidine rings is 1. The van der Waals surface area contributed by atoms with Crippen LogP contribution in [0.4, 0.5) is 10.2 Å². The smallest absolute Gasteiger partial charge is 0.254 e. The molecule has 0 saturated carbocycles. The van der Waals surface area contributed by atoms with Gasteiger partial charge in [0.2, 0.25) is 0 Å². The molecule has 158 valence electrons. The molecule has 5 nitrogen and oxygen atoms in total. The van der Waals surface area contributed by atoms with Gasteiger partial charge < -0.3 is 9.80 Å². The molecule has 5 rings (SSSR count). The zero-order chi connectivity index (χ0) is 21.2. The second-order valence-electron chi connectivity index (χ2n) is 8.20. The lowest BCUT2D eigenvalue weighted by molar-refractivity contribution is 0.0733. The Kier molecular flexibility index (Phi) is 5.37. The molecule has 3 aromatic rings. The molecule has 0 radical (unpaired) electrons. The Hall–Kier alpha value is -3.28. The van der Waals surface area contributed by atoms with E-state index in [1.165, 1.54) is 18.6 Å². The summed E-state index contributed by atoms with van der Waals surface area (Å²) in [6.45, 7) is 2.95. The van der Waals surface area contributed by atoms with Gasteiger partial charge in [-0.1, -0.05) is 36.4 Å². The average molecular weight is 417 g/mol. The number of carbonyl (C=O) groups is 1. The molecule has 3 heterocycles. The number of benzene rings is 2. The van der Waals surface area contributed by atoms with Gasteiger partial charge in [-0.3, -0.25) is 4.79 Å². The Balaban J connectivity index is 1.52. The van der Waals surface area contributed by atoms with Crippen molar-refractivity contribution >= 4 is 11.7 Å². The number of carbonyl (C=O) groups excluding carboxylic acids is 1. The van der Waals surface area contributed by atoms with Gasteiger partial charge in [0.15, 0.2) is 5.82 Å². The van der Waals surface area contributed by atoms with Gasteiger partial charge in [-0.05, 0) is 37.5 Å². The topological polar surface area (TPSA) is 49.3 Å². The van der Waals surface area contributed by atoms with E-state index in [4.69, 9.17) is 9.97 Å². The van der Waals surface area contributed by atoms with Crippen molar-refractivity contribution in [2.45, 2.75) is 32.2 Å². The number of anilines is 1. The molecule has 1 saturated heterocycles. The Morgan fingerprint density at radius 1 is 0.903 bits per heavy atom. The molecule has 2 aliphatic heterocycles. The number of halogens is 1. The van der Waals surface area contributed by atoms with Crippen LogP contribution in [0.1, 0.15) is 40.9 Å². The minimum Gasteiger partial charge on any atom is -0.356 e. The van der Waals surface area contributed by atoms with Crippen LogP contribution in [0.15, 0.2) is 54.6 Å². The van der Waals surface area contributed by atoms with Crippen LogP contribution in [0.25, 0.3) is 11.4 Å². The second-order valence-corrected chi connectivity index (χ2v) is 8.20. The number of fused-ring (bicyclic) bond motifs is 1. The van der Waals surface area contributed by atoms with Gasteiger partial charge in [-0.25, -0.2) is 14.4 Å². The number of amides is 1. The minimum atomic E-state index is -0.395. The molecule has 0 aliphatic carbocycles. The van der Waals surface area contributed by atoms with E-state index in [1.807, 2.05) is 30.3 Å². The zero-order valence-electron chi connectivity index (χ0n) is 17.4. The second kappa shape index (κ2) is 8.46. The molecule has 0 atom stereocenters. The van der Waals surface area contributed by atoms with Crippen LogP contribution >= 0.6 is 0 Å². The van der Waals surface area contributed by atoms with E-state index in [9.17, 15) is 9.18 Å². The molecule has 0 N–H and O–H groups in total. The van der Waals surface area contributed by atoms with Gasteiger partial charge in [-0.2, -0.15) is 0 Å². The van der Waals surface area contributed by atoms with Crippen molar-refractivity contribution in [3.63, 3.8) is 0 Å². The SMILES string of the molecule is O=C(c1cccc(F)c1)N1CCc2nc(-c3ccccc3)nc(N3CCCCC3)c2C1. The minimum absolute atomic E-state index is 0.151. The summed E-state index contributed by atoms with van der Waals surface area (Å²) in [6.07, 6.45) is 4.19. The lowest BCUT2D eigenvalue weighted by atomic mass is 10.0. The Labute approximate surface area is 181 Å². The van der Waals surface area contributed by atoms with Crippen molar-refractivity contribution in [2.24, 2.45) is 0 Å². The van der Waals surface area contributed by atoms with Gasteiger partial charge in [0, 0.05) is 42.7 Å². The summed E-state index contributed by atoms with van der Waals surface area (Å²) in [5, 5.41) is 0. The van der Waals surface area contributed by atoms with Crippen LogP contribution in [0.3, 0.4) is 0 Å². The first kappa shape index (κ1) is 19.7. The van der Waals surface area contributed by atoms with Crippen LogP contribution in [0.5, 0.6) is 0 Å². The molecule has 1 amide bonds. The van der Waals surface area contributed by atoms with E-state index in [1.54, 1.807) is 17.0 Å². The third-order valence-corrected chi connectivity index (χ3v) is 6.08. The number of rotatable bonds is 3. The fraction of sp³-hybridized carbons (Fsp3) is 0.320. The lowest BCUT2D eigenvalue weighted by Gasteiger charge is -2.34. The highest BCUT2D eigenvalue weighted by Gasteiger charge is 2.29. The third kappa shape index (κ3) is 4.02. The van der Waals surface area contributed by atoms with Crippen molar-refractivity contribution in [2.75, 3.05) is 24.5 Å². The van der Waals surface area contributed by atoms with Crippen molar-refractivity contribution < 1.29 is 9.18 Å². The summed E-state index contributed by atoms with van der Waals surface area (Å²) in [4.78, 5) is 27.0. The van der Waals surface area contributed by atoms with Crippen LogP contribution < -0.4 is 4.90 Å². The maximum absolute atomic E-state index is 13.6. The van der Waals surface area contributed by atoms with E-state index in [0.717, 1.165) is 54.4 Å². The van der Waals surface area contributed by atoms with Gasteiger partial charge in [-0.15, -0.1) is 0 Å². The third-order valence-electron chi connectivity index (χ3n) is 6.08. The highest BCUT2D eigenvalue weighted by Crippen LogP contribution is 2.31. The van der Waals surface area contributed by atoms with E-state index in [0.29, 0.717) is 25.1 Å². The molecular weight excluding hydrogens is 391 g/mol. The molecule has 0 spiro atoms. The molecule has 6 heteroatoms. The summed E-state index contributed by atoms with van der Waals surface area (Å²) in [5.74, 6) is 1.14. The molecular formula is C25H25FN4O. The predicted molar refractivity (Wildman–Crippen MR) is 118 cm³/mol. The standard InChI is InChI=1S/C25H25FN4O/c26-20-11-7-10-19(16-20)25(31)30-15-12-22-21(17-30)24(29-13-5-2-6-14-29)28-23(27-22)18-8-3-1-4-9-18/h1,3-4,7-11,16H,2,5-6,12-15,17H2. The highest BCUT2D eigenvalue weighted by atomic mass is 19.1. The van der Waals surface area contributed by atoms with Gasteiger partial charge in [0.1, 0.15) is 11.6 Å². The van der Waals surface area contributed by atoms with Crippen molar-refractivity contribution in [1.82, 2.24) is 14.9 Å². The van der Waals surface area contributed by atoms with E-state index < -0.39 is 5.82 Å². The predicted octanol–water partition coefficient (Wildman–Crippen LogP) is 4.47. The first-order chi connectivity index (χ1) is 15.2. The maximum atomic E-state index is 13.6. The summed E-state index contributed by atoms with van der Waals surface area (Å²) < 4.78 is 13.6. The molecule has 2 aromatic carbocycles. The number of hydrogen-bond acceptors (Lipinski definition) is 4. The first-order valence-electron chi connectivity index (χ1n) is 10.9. The largest absolute Gasteiger partial charge is 0.356 e. The van der Waals surface area contributed by atoms with Gasteiger partial charge in [0.25, 0.3) is 5.91 Å². The molecule has 2 aliphatic rings. The average Bonchev–Trinajstić information content (AvgIpc) is 2.83. The number of hydrogen-bond donors (Lipinski definition) is 0. The Bertz CT molecular complexity index is 1100. The summed E-state index contributed by atoms with van der Waals surface area (Å²) >= 11 is 0. The normalized spacial score (nSPS) is 16.2. The fourth-order valence-electron chi connectivity index (χ4n) is 4.46. The molecule has 0 unspecified atom stereocenters. The van der Waals surface area contributed by atoms with Crippen LogP contribution in [-0.4, -0.2) is 40.4 Å². The molecule has 1 fully saturated rings. The van der Waals surface area contributed by atoms with Gasteiger partial charge >= 0.3 is 0 Å². The van der Waals surface area contributed by atoms with Crippen LogP contribution in [-0.2, 0) is 13.0 Å². The summed E-state index contributed by atoms with van der Waals surface area (Å²) in [7, 11) is 0. The van der Waals surface area contributed by atoms with Crippen molar-refractivity contribution in [3.8, 4) is 11.4 Å². The molecule has 1 aromatic heterocycles.